The molecule has 1 heterocycles. The third-order valence-corrected chi connectivity index (χ3v) is 5.35. The molecule has 0 aliphatic carbocycles. The Kier molecular flexibility index (Phi) is 5.83. The van der Waals surface area contributed by atoms with Crippen LogP contribution in [0.15, 0.2) is 65.5 Å². The molecular formula is C24H20ClN3O4. The van der Waals surface area contributed by atoms with Gasteiger partial charge in [0.05, 0.1) is 41.5 Å². The number of ether oxygens (including phenoxy) is 2. The zero-order chi connectivity index (χ0) is 22.8. The van der Waals surface area contributed by atoms with Crippen LogP contribution >= 0.6 is 11.6 Å². The van der Waals surface area contributed by atoms with Gasteiger partial charge in [0.2, 0.25) is 0 Å². The number of aryl methyl sites for hydroxylation is 1. The molecular weight excluding hydrogens is 430 g/mol. The van der Waals surface area contributed by atoms with Gasteiger partial charge in [0, 0.05) is 11.6 Å². The molecule has 7 nitrogen and oxygen atoms in total. The average Bonchev–Trinajstić information content (AvgIpc) is 2.79. The zero-order valence-corrected chi connectivity index (χ0v) is 18.4. The SMILES string of the molecule is COc1cc(OC)c(NC(=O)c2ccc(-n3c(C)nc4ccccc4c3=O)cc2)cc1Cl. The normalized spacial score (nSPS) is 10.8. The van der Waals surface area contributed by atoms with Gasteiger partial charge >= 0.3 is 0 Å². The van der Waals surface area contributed by atoms with Crippen LogP contribution in [0, 0.1) is 6.92 Å². The monoisotopic (exact) mass is 449 g/mol. The van der Waals surface area contributed by atoms with Crippen LogP contribution in [0.25, 0.3) is 16.6 Å². The lowest BCUT2D eigenvalue weighted by Gasteiger charge is -2.14. The second kappa shape index (κ2) is 8.72. The Balaban J connectivity index is 1.64. The summed E-state index contributed by atoms with van der Waals surface area (Å²) >= 11 is 6.18. The lowest BCUT2D eigenvalue weighted by Crippen LogP contribution is -2.22. The minimum Gasteiger partial charge on any atom is -0.495 e. The number of benzene rings is 3. The smallest absolute Gasteiger partial charge is 0.265 e. The molecule has 32 heavy (non-hydrogen) atoms. The van der Waals surface area contributed by atoms with E-state index >= 15 is 0 Å². The molecule has 0 aliphatic rings. The molecule has 0 saturated carbocycles. The Labute approximate surface area is 189 Å². The van der Waals surface area contributed by atoms with Gasteiger partial charge in [0.1, 0.15) is 17.3 Å². The first-order chi connectivity index (χ1) is 15.4. The van der Waals surface area contributed by atoms with Gasteiger partial charge in [-0.2, -0.15) is 0 Å². The quantitative estimate of drug-likeness (QED) is 0.481. The van der Waals surface area contributed by atoms with Crippen LogP contribution < -0.4 is 20.3 Å². The number of fused-ring (bicyclic) bond motifs is 1. The summed E-state index contributed by atoms with van der Waals surface area (Å²) in [4.78, 5) is 30.3. The summed E-state index contributed by atoms with van der Waals surface area (Å²) in [6, 6.07) is 17.1. The van der Waals surface area contributed by atoms with Crippen molar-refractivity contribution in [2.24, 2.45) is 0 Å². The first-order valence-electron chi connectivity index (χ1n) is 9.74. The van der Waals surface area contributed by atoms with Crippen molar-refractivity contribution in [1.29, 1.82) is 0 Å². The minimum atomic E-state index is -0.350. The predicted molar refractivity (Wildman–Crippen MR) is 125 cm³/mol. The Bertz CT molecular complexity index is 1380. The second-order valence-corrected chi connectivity index (χ2v) is 7.41. The third-order valence-electron chi connectivity index (χ3n) is 5.05. The number of methoxy groups -OCH3 is 2. The van der Waals surface area contributed by atoms with Crippen LogP contribution in [0.3, 0.4) is 0 Å². The number of hydrogen-bond acceptors (Lipinski definition) is 5. The number of halogens is 1. The van der Waals surface area contributed by atoms with Gasteiger partial charge in [-0.3, -0.25) is 14.2 Å². The molecule has 1 amide bonds. The van der Waals surface area contributed by atoms with Crippen LogP contribution in [0.2, 0.25) is 5.02 Å². The van der Waals surface area contributed by atoms with Crippen molar-refractivity contribution in [3.05, 3.63) is 87.4 Å². The van der Waals surface area contributed by atoms with Crippen LogP contribution in [0.4, 0.5) is 5.69 Å². The number of aromatic nitrogens is 2. The van der Waals surface area contributed by atoms with Gasteiger partial charge in [-0.15, -0.1) is 0 Å². The van der Waals surface area contributed by atoms with E-state index < -0.39 is 0 Å². The molecule has 0 fully saturated rings. The fourth-order valence-electron chi connectivity index (χ4n) is 3.46. The highest BCUT2D eigenvalue weighted by atomic mass is 35.5. The maximum absolute atomic E-state index is 13.0. The van der Waals surface area contributed by atoms with Crippen LogP contribution in [0.5, 0.6) is 11.5 Å². The molecule has 0 saturated heterocycles. The molecule has 0 bridgehead atoms. The summed E-state index contributed by atoms with van der Waals surface area (Å²) in [5.41, 5.74) is 1.92. The third kappa shape index (κ3) is 3.90. The molecule has 0 unspecified atom stereocenters. The van der Waals surface area contributed by atoms with Crippen molar-refractivity contribution < 1.29 is 14.3 Å². The van der Waals surface area contributed by atoms with Crippen LogP contribution in [0.1, 0.15) is 16.2 Å². The fourth-order valence-corrected chi connectivity index (χ4v) is 3.70. The Morgan fingerprint density at radius 2 is 1.69 bits per heavy atom. The zero-order valence-electron chi connectivity index (χ0n) is 17.7. The molecule has 8 heteroatoms. The minimum absolute atomic E-state index is 0.164. The molecule has 4 aromatic rings. The molecule has 1 N–H and O–H groups in total. The first-order valence-corrected chi connectivity index (χ1v) is 10.1. The number of carbonyl (C=O) groups is 1. The molecule has 0 atom stereocenters. The molecule has 3 aromatic carbocycles. The van der Waals surface area contributed by atoms with Crippen molar-refractivity contribution >= 4 is 34.1 Å². The van der Waals surface area contributed by atoms with Gasteiger partial charge in [-0.25, -0.2) is 4.98 Å². The topological polar surface area (TPSA) is 82.4 Å². The summed E-state index contributed by atoms with van der Waals surface area (Å²) in [5, 5.41) is 3.67. The Morgan fingerprint density at radius 1 is 1.00 bits per heavy atom. The molecule has 1 aromatic heterocycles. The number of amides is 1. The number of carbonyl (C=O) groups excluding carboxylic acids is 1. The highest BCUT2D eigenvalue weighted by molar-refractivity contribution is 6.32. The summed E-state index contributed by atoms with van der Waals surface area (Å²) in [6.07, 6.45) is 0. The number of rotatable bonds is 5. The Hall–Kier alpha value is -3.84. The average molecular weight is 450 g/mol. The lowest BCUT2D eigenvalue weighted by molar-refractivity contribution is 0.102. The highest BCUT2D eigenvalue weighted by Gasteiger charge is 2.15. The number of hydrogen-bond donors (Lipinski definition) is 1. The summed E-state index contributed by atoms with van der Waals surface area (Å²) < 4.78 is 12.0. The fraction of sp³-hybridized carbons (Fsp3) is 0.125. The van der Waals surface area contributed by atoms with E-state index in [-0.39, 0.29) is 11.5 Å². The molecule has 162 valence electrons. The predicted octanol–water partition coefficient (Wildman–Crippen LogP) is 4.62. The van der Waals surface area contributed by atoms with E-state index in [1.54, 1.807) is 61.5 Å². The van der Waals surface area contributed by atoms with E-state index in [0.717, 1.165) is 0 Å². The summed E-state index contributed by atoms with van der Waals surface area (Å²) in [5.74, 6) is 1.07. The van der Waals surface area contributed by atoms with Crippen molar-refractivity contribution in [3.8, 4) is 17.2 Å². The maximum atomic E-state index is 13.0. The van der Waals surface area contributed by atoms with E-state index in [1.807, 2.05) is 6.07 Å². The van der Waals surface area contributed by atoms with Crippen LogP contribution in [-0.2, 0) is 0 Å². The maximum Gasteiger partial charge on any atom is 0.265 e. The van der Waals surface area contributed by atoms with Gasteiger partial charge in [-0.1, -0.05) is 23.7 Å². The van der Waals surface area contributed by atoms with Gasteiger partial charge < -0.3 is 14.8 Å². The summed E-state index contributed by atoms with van der Waals surface area (Å²) in [7, 11) is 2.99. The standard InChI is InChI=1S/C24H20ClN3O4/c1-14-26-19-7-5-4-6-17(19)24(30)28(14)16-10-8-15(9-11-16)23(29)27-20-12-18(25)21(31-2)13-22(20)32-3/h4-13H,1-3H3,(H,27,29). The van der Waals surface area contributed by atoms with E-state index in [1.165, 1.54) is 18.8 Å². The van der Waals surface area contributed by atoms with E-state index in [0.29, 0.717) is 50.2 Å². The molecule has 0 spiro atoms. The molecule has 0 radical (unpaired) electrons. The van der Waals surface area contributed by atoms with Crippen molar-refractivity contribution in [1.82, 2.24) is 9.55 Å². The number of anilines is 1. The second-order valence-electron chi connectivity index (χ2n) is 7.00. The van der Waals surface area contributed by atoms with Crippen molar-refractivity contribution in [2.45, 2.75) is 6.92 Å². The van der Waals surface area contributed by atoms with Crippen LogP contribution in [-0.4, -0.2) is 29.7 Å². The number of para-hydroxylation sites is 1. The molecule has 0 aliphatic heterocycles. The van der Waals surface area contributed by atoms with Crippen molar-refractivity contribution in [3.63, 3.8) is 0 Å². The lowest BCUT2D eigenvalue weighted by atomic mass is 10.1. The number of nitrogens with zero attached hydrogens (tertiary/aromatic N) is 2. The molecule has 4 rings (SSSR count). The Morgan fingerprint density at radius 3 is 2.38 bits per heavy atom. The van der Waals surface area contributed by atoms with E-state index in [2.05, 4.69) is 10.3 Å². The van der Waals surface area contributed by atoms with Crippen molar-refractivity contribution in [2.75, 3.05) is 19.5 Å². The van der Waals surface area contributed by atoms with Gasteiger partial charge in [0.25, 0.3) is 11.5 Å². The van der Waals surface area contributed by atoms with Gasteiger partial charge in [0.15, 0.2) is 0 Å². The first kappa shape index (κ1) is 21.4. The van der Waals surface area contributed by atoms with E-state index in [4.69, 9.17) is 21.1 Å². The summed E-state index contributed by atoms with van der Waals surface area (Å²) in [6.45, 7) is 1.77. The highest BCUT2D eigenvalue weighted by Crippen LogP contribution is 2.36. The van der Waals surface area contributed by atoms with E-state index in [9.17, 15) is 9.59 Å². The van der Waals surface area contributed by atoms with Gasteiger partial charge in [-0.05, 0) is 49.4 Å². The number of nitrogens with one attached hydrogen (secondary N) is 1. The largest absolute Gasteiger partial charge is 0.495 e.